The average molecular weight is 503 g/mol. The summed E-state index contributed by atoms with van der Waals surface area (Å²) < 4.78 is 11.4. The third-order valence-electron chi connectivity index (χ3n) is 11.0. The third kappa shape index (κ3) is 4.67. The van der Waals surface area contributed by atoms with Crippen molar-refractivity contribution in [3.05, 3.63) is 11.6 Å². The van der Waals surface area contributed by atoms with E-state index >= 15 is 0 Å². The molecular formula is C31H50O5. The van der Waals surface area contributed by atoms with Gasteiger partial charge in [-0.3, -0.25) is 9.59 Å². The van der Waals surface area contributed by atoms with Gasteiger partial charge in [-0.05, 0) is 79.6 Å². The van der Waals surface area contributed by atoms with Gasteiger partial charge in [0.05, 0.1) is 0 Å². The molecule has 1 N–H and O–H groups in total. The van der Waals surface area contributed by atoms with Gasteiger partial charge in [-0.2, -0.15) is 0 Å². The van der Waals surface area contributed by atoms with Gasteiger partial charge < -0.3 is 14.6 Å². The van der Waals surface area contributed by atoms with Crippen molar-refractivity contribution < 1.29 is 24.2 Å². The first-order chi connectivity index (χ1) is 16.8. The van der Waals surface area contributed by atoms with E-state index in [2.05, 4.69) is 40.7 Å². The van der Waals surface area contributed by atoms with E-state index < -0.39 is 17.1 Å². The Kier molecular flexibility index (Phi) is 7.74. The van der Waals surface area contributed by atoms with Crippen LogP contribution in [0.25, 0.3) is 0 Å². The quantitative estimate of drug-likeness (QED) is 0.313. The smallest absolute Gasteiger partial charge is 0.303 e. The van der Waals surface area contributed by atoms with Crippen LogP contribution in [0.4, 0.5) is 0 Å². The highest BCUT2D eigenvalue weighted by atomic mass is 16.6. The minimum Gasteiger partial charge on any atom is -0.462 e. The number of hydrogen-bond acceptors (Lipinski definition) is 5. The number of aliphatic hydroxyl groups is 1. The minimum atomic E-state index is -1.24. The number of rotatable bonds is 7. The molecule has 3 fully saturated rings. The molecule has 36 heavy (non-hydrogen) atoms. The van der Waals surface area contributed by atoms with Gasteiger partial charge in [0.2, 0.25) is 0 Å². The Balaban J connectivity index is 1.64. The molecule has 0 spiro atoms. The molecule has 4 aliphatic rings. The van der Waals surface area contributed by atoms with Gasteiger partial charge >= 0.3 is 11.9 Å². The lowest BCUT2D eigenvalue weighted by Crippen LogP contribution is -2.66. The zero-order valence-corrected chi connectivity index (χ0v) is 23.8. The van der Waals surface area contributed by atoms with Crippen molar-refractivity contribution >= 4 is 11.9 Å². The third-order valence-corrected chi connectivity index (χ3v) is 11.0. The first kappa shape index (κ1) is 27.7. The minimum absolute atomic E-state index is 0.265. The Hall–Kier alpha value is -1.36. The maximum atomic E-state index is 12.3. The highest BCUT2D eigenvalue weighted by Crippen LogP contribution is 2.68. The Bertz CT molecular complexity index is 878. The molecule has 0 radical (unpaired) electrons. The normalized spacial score (nSPS) is 42.6. The van der Waals surface area contributed by atoms with Gasteiger partial charge in [-0.1, -0.05) is 59.5 Å². The van der Waals surface area contributed by atoms with Gasteiger partial charge in [0.1, 0.15) is 17.8 Å². The SMILES string of the molecule is CC(=O)O[C@H]1CC[C@]2(C)[C@H]3CC[C@]4(C)[C@@H]([C@H](C)CCCC(C)C)CC[C@H]4C3=C[C@H](OC(C)=O)[C@@]2(O)C1. The lowest BCUT2D eigenvalue weighted by atomic mass is 9.45. The average Bonchev–Trinajstić information content (AvgIpc) is 3.12. The van der Waals surface area contributed by atoms with Crippen molar-refractivity contribution in [1.29, 1.82) is 0 Å². The number of carbonyl (C=O) groups excluding carboxylic acids is 2. The fraction of sp³-hybridized carbons (Fsp3) is 0.871. The molecule has 5 heteroatoms. The maximum Gasteiger partial charge on any atom is 0.303 e. The molecule has 4 rings (SSSR count). The lowest BCUT2D eigenvalue weighted by Gasteiger charge is -2.62. The van der Waals surface area contributed by atoms with E-state index in [-0.39, 0.29) is 29.4 Å². The van der Waals surface area contributed by atoms with E-state index in [4.69, 9.17) is 9.47 Å². The fourth-order valence-electron chi connectivity index (χ4n) is 9.17. The zero-order chi connectivity index (χ0) is 26.5. The zero-order valence-electron chi connectivity index (χ0n) is 23.8. The van der Waals surface area contributed by atoms with Crippen LogP contribution in [-0.4, -0.2) is 34.9 Å². The van der Waals surface area contributed by atoms with E-state index in [0.29, 0.717) is 12.3 Å². The second-order valence-electron chi connectivity index (χ2n) is 13.6. The molecule has 0 aromatic rings. The Morgan fingerprint density at radius 1 is 0.972 bits per heavy atom. The van der Waals surface area contributed by atoms with Crippen molar-refractivity contribution in [2.24, 2.45) is 40.4 Å². The highest BCUT2D eigenvalue weighted by Gasteiger charge is 2.66. The summed E-state index contributed by atoms with van der Waals surface area (Å²) in [6.07, 6.45) is 11.6. The summed E-state index contributed by atoms with van der Waals surface area (Å²) in [6.45, 7) is 14.7. The van der Waals surface area contributed by atoms with Gasteiger partial charge in [0.25, 0.3) is 0 Å². The number of ether oxygens (including phenoxy) is 2. The second kappa shape index (κ2) is 10.1. The van der Waals surface area contributed by atoms with Crippen molar-refractivity contribution in [2.45, 2.75) is 130 Å². The van der Waals surface area contributed by atoms with Gasteiger partial charge in [0, 0.05) is 25.7 Å². The van der Waals surface area contributed by atoms with Crippen LogP contribution < -0.4 is 0 Å². The number of esters is 2. The topological polar surface area (TPSA) is 72.8 Å². The molecule has 0 unspecified atom stereocenters. The van der Waals surface area contributed by atoms with Gasteiger partial charge in [-0.25, -0.2) is 0 Å². The molecule has 0 heterocycles. The standard InChI is InChI=1S/C31H50O5/c1-19(2)9-8-10-20(3)25-11-12-26-24-17-28(36-22(5)33)31(34)18-23(35-21(4)32)13-16-30(31,7)27(24)14-15-29(25,26)6/h17,19-20,23,25-28,34H,8-16,18H2,1-7H3/t20-,23+,25-,26+,27+,28+,29-,30-,31+/m1/s1. The van der Waals surface area contributed by atoms with Crippen LogP contribution in [0.1, 0.15) is 113 Å². The number of allylic oxidation sites excluding steroid dienone is 1. The molecule has 4 aliphatic carbocycles. The van der Waals surface area contributed by atoms with Crippen LogP contribution in [0, 0.1) is 40.4 Å². The first-order valence-corrected chi connectivity index (χ1v) is 14.6. The highest BCUT2D eigenvalue weighted by molar-refractivity contribution is 5.67. The van der Waals surface area contributed by atoms with E-state index in [9.17, 15) is 14.7 Å². The molecule has 9 atom stereocenters. The monoisotopic (exact) mass is 502 g/mol. The van der Waals surface area contributed by atoms with Crippen LogP contribution in [0.2, 0.25) is 0 Å². The summed E-state index contributed by atoms with van der Waals surface area (Å²) >= 11 is 0. The molecule has 0 saturated heterocycles. The van der Waals surface area contributed by atoms with Crippen molar-refractivity contribution in [3.8, 4) is 0 Å². The Morgan fingerprint density at radius 3 is 2.31 bits per heavy atom. The van der Waals surface area contributed by atoms with Crippen LogP contribution >= 0.6 is 0 Å². The molecule has 5 nitrogen and oxygen atoms in total. The predicted octanol–water partition coefficient (Wildman–Crippen LogP) is 6.62. The lowest BCUT2D eigenvalue weighted by molar-refractivity contribution is -0.225. The molecule has 0 aromatic heterocycles. The summed E-state index contributed by atoms with van der Waals surface area (Å²) in [5, 5.41) is 12.3. The molecule has 0 aliphatic heterocycles. The predicted molar refractivity (Wildman–Crippen MR) is 141 cm³/mol. The van der Waals surface area contributed by atoms with Crippen LogP contribution in [-0.2, 0) is 19.1 Å². The summed E-state index contributed by atoms with van der Waals surface area (Å²) in [5.74, 6) is 2.27. The number of carbonyl (C=O) groups is 2. The second-order valence-corrected chi connectivity index (χ2v) is 13.6. The van der Waals surface area contributed by atoms with E-state index in [1.807, 2.05) is 0 Å². The molecular weight excluding hydrogens is 452 g/mol. The van der Waals surface area contributed by atoms with Gasteiger partial charge in [-0.15, -0.1) is 0 Å². The van der Waals surface area contributed by atoms with Crippen LogP contribution in [0.5, 0.6) is 0 Å². The molecule has 3 saturated carbocycles. The van der Waals surface area contributed by atoms with E-state index in [1.54, 1.807) is 0 Å². The van der Waals surface area contributed by atoms with E-state index in [1.165, 1.54) is 57.9 Å². The fourth-order valence-corrected chi connectivity index (χ4v) is 9.17. The summed E-state index contributed by atoms with van der Waals surface area (Å²) in [6, 6.07) is 0. The largest absolute Gasteiger partial charge is 0.462 e. The van der Waals surface area contributed by atoms with Crippen molar-refractivity contribution in [3.63, 3.8) is 0 Å². The number of fused-ring (bicyclic) bond motifs is 5. The van der Waals surface area contributed by atoms with Crippen LogP contribution in [0.15, 0.2) is 11.6 Å². The van der Waals surface area contributed by atoms with Crippen molar-refractivity contribution in [2.75, 3.05) is 0 Å². The molecule has 0 aromatic carbocycles. The van der Waals surface area contributed by atoms with Crippen molar-refractivity contribution in [1.82, 2.24) is 0 Å². The Morgan fingerprint density at radius 2 is 1.67 bits per heavy atom. The maximum absolute atomic E-state index is 12.3. The Labute approximate surface area is 218 Å². The summed E-state index contributed by atoms with van der Waals surface area (Å²) in [5.41, 5.74) is 0.0585. The molecule has 0 bridgehead atoms. The van der Waals surface area contributed by atoms with Crippen LogP contribution in [0.3, 0.4) is 0 Å². The summed E-state index contributed by atoms with van der Waals surface area (Å²) in [4.78, 5) is 23.9. The number of hydrogen-bond donors (Lipinski definition) is 1. The first-order valence-electron chi connectivity index (χ1n) is 14.6. The molecule has 204 valence electrons. The van der Waals surface area contributed by atoms with E-state index in [0.717, 1.165) is 37.0 Å². The molecule has 0 amide bonds. The van der Waals surface area contributed by atoms with Gasteiger partial charge in [0.15, 0.2) is 0 Å². The summed E-state index contributed by atoms with van der Waals surface area (Å²) in [7, 11) is 0.